The summed E-state index contributed by atoms with van der Waals surface area (Å²) in [6.07, 6.45) is 2.88. The van der Waals surface area contributed by atoms with Gasteiger partial charge in [-0.3, -0.25) is 4.79 Å². The van der Waals surface area contributed by atoms with E-state index in [2.05, 4.69) is 0 Å². The van der Waals surface area contributed by atoms with Crippen molar-refractivity contribution in [1.82, 2.24) is 0 Å². The Morgan fingerprint density at radius 1 is 1.45 bits per heavy atom. The van der Waals surface area contributed by atoms with Crippen LogP contribution in [0.15, 0.2) is 0 Å². The lowest BCUT2D eigenvalue weighted by Gasteiger charge is -2.15. The molecule has 0 saturated carbocycles. The van der Waals surface area contributed by atoms with Crippen molar-refractivity contribution in [2.45, 2.75) is 34.1 Å². The minimum absolute atomic E-state index is 0.137. The Morgan fingerprint density at radius 2 is 2.00 bits per heavy atom. The van der Waals surface area contributed by atoms with Gasteiger partial charge in [0, 0.05) is 0 Å². The van der Waals surface area contributed by atoms with Crippen LogP contribution in [0.5, 0.6) is 0 Å². The topological polar surface area (TPSA) is 26.3 Å². The van der Waals surface area contributed by atoms with E-state index in [1.165, 1.54) is 0 Å². The van der Waals surface area contributed by atoms with Crippen molar-refractivity contribution in [3.05, 3.63) is 6.42 Å². The molecule has 2 heteroatoms. The van der Waals surface area contributed by atoms with Crippen LogP contribution in [-0.2, 0) is 9.53 Å². The summed E-state index contributed by atoms with van der Waals surface area (Å²) in [6, 6.07) is 0. The summed E-state index contributed by atoms with van der Waals surface area (Å²) < 4.78 is 4.95. The maximum Gasteiger partial charge on any atom is 0.311 e. The van der Waals surface area contributed by atoms with Crippen LogP contribution in [0, 0.1) is 11.8 Å². The standard InChI is InChI=1S/C9H17O2/c1-5-6-7-11-8(10)9(2,3)4/h6H,5,7H2,1-4H3. The number of carbonyl (C=O) groups is 1. The molecular weight excluding hydrogens is 140 g/mol. The van der Waals surface area contributed by atoms with Crippen molar-refractivity contribution in [2.75, 3.05) is 6.61 Å². The summed E-state index contributed by atoms with van der Waals surface area (Å²) in [5.41, 5.74) is -0.373. The number of rotatable bonds is 3. The number of ether oxygens (including phenoxy) is 1. The van der Waals surface area contributed by atoms with Crippen molar-refractivity contribution >= 4 is 5.97 Å². The van der Waals surface area contributed by atoms with Crippen LogP contribution in [0.25, 0.3) is 0 Å². The molecular formula is C9H17O2. The Kier molecular flexibility index (Phi) is 4.16. The first-order chi connectivity index (χ1) is 4.98. The highest BCUT2D eigenvalue weighted by Crippen LogP contribution is 2.14. The lowest BCUT2D eigenvalue weighted by atomic mass is 9.97. The average molecular weight is 157 g/mol. The van der Waals surface area contributed by atoms with E-state index in [-0.39, 0.29) is 11.4 Å². The lowest BCUT2D eigenvalue weighted by Crippen LogP contribution is -2.23. The first-order valence-corrected chi connectivity index (χ1v) is 3.97. The molecule has 65 valence electrons. The summed E-state index contributed by atoms with van der Waals surface area (Å²) in [5.74, 6) is -0.137. The van der Waals surface area contributed by atoms with Gasteiger partial charge >= 0.3 is 5.97 Å². The molecule has 0 amide bonds. The zero-order chi connectivity index (χ0) is 8.91. The summed E-state index contributed by atoms with van der Waals surface area (Å²) in [6.45, 7) is 8.00. The molecule has 0 N–H and O–H groups in total. The van der Waals surface area contributed by atoms with E-state index in [1.807, 2.05) is 34.1 Å². The highest BCUT2D eigenvalue weighted by atomic mass is 16.5. The van der Waals surface area contributed by atoms with E-state index in [0.717, 1.165) is 6.42 Å². The second-order valence-corrected chi connectivity index (χ2v) is 3.55. The maximum atomic E-state index is 11.1. The van der Waals surface area contributed by atoms with Gasteiger partial charge in [-0.1, -0.05) is 6.92 Å². The van der Waals surface area contributed by atoms with Crippen LogP contribution in [0.2, 0.25) is 0 Å². The van der Waals surface area contributed by atoms with Gasteiger partial charge < -0.3 is 4.74 Å². The third-order valence-corrected chi connectivity index (χ3v) is 1.23. The van der Waals surface area contributed by atoms with E-state index in [9.17, 15) is 4.79 Å². The third-order valence-electron chi connectivity index (χ3n) is 1.23. The molecule has 0 aliphatic rings. The minimum atomic E-state index is -0.373. The fourth-order valence-electron chi connectivity index (χ4n) is 0.469. The molecule has 1 radical (unpaired) electrons. The van der Waals surface area contributed by atoms with Crippen LogP contribution in [0.1, 0.15) is 34.1 Å². The molecule has 0 aromatic heterocycles. The quantitative estimate of drug-likeness (QED) is 0.463. The highest BCUT2D eigenvalue weighted by molar-refractivity contribution is 5.75. The van der Waals surface area contributed by atoms with E-state index in [1.54, 1.807) is 0 Å². The Labute approximate surface area is 68.9 Å². The molecule has 0 bridgehead atoms. The smallest absolute Gasteiger partial charge is 0.311 e. The van der Waals surface area contributed by atoms with Gasteiger partial charge in [0.25, 0.3) is 0 Å². The van der Waals surface area contributed by atoms with E-state index in [4.69, 9.17) is 4.74 Å². The van der Waals surface area contributed by atoms with Crippen molar-refractivity contribution in [2.24, 2.45) is 5.41 Å². The first-order valence-electron chi connectivity index (χ1n) is 3.97. The normalized spacial score (nSPS) is 11.3. The van der Waals surface area contributed by atoms with Crippen molar-refractivity contribution in [1.29, 1.82) is 0 Å². The average Bonchev–Trinajstić information content (AvgIpc) is 1.86. The molecule has 0 aromatic rings. The largest absolute Gasteiger partial charge is 0.465 e. The van der Waals surface area contributed by atoms with Crippen LogP contribution in [-0.4, -0.2) is 12.6 Å². The molecule has 0 saturated heterocycles. The predicted molar refractivity (Wildman–Crippen MR) is 45.0 cm³/mol. The number of carbonyl (C=O) groups excluding carboxylic acids is 1. The summed E-state index contributed by atoms with van der Waals surface area (Å²) in [4.78, 5) is 11.1. The van der Waals surface area contributed by atoms with Crippen molar-refractivity contribution in [3.63, 3.8) is 0 Å². The Morgan fingerprint density at radius 3 is 2.36 bits per heavy atom. The van der Waals surface area contributed by atoms with Crippen molar-refractivity contribution in [3.8, 4) is 0 Å². The molecule has 0 atom stereocenters. The fourth-order valence-corrected chi connectivity index (χ4v) is 0.469. The summed E-state index contributed by atoms with van der Waals surface area (Å²) >= 11 is 0. The molecule has 0 aliphatic heterocycles. The minimum Gasteiger partial charge on any atom is -0.465 e. The monoisotopic (exact) mass is 157 g/mol. The number of unbranched alkanes of at least 4 members (excludes halogenated alkanes) is 1. The molecule has 0 heterocycles. The number of hydrogen-bond donors (Lipinski definition) is 0. The van der Waals surface area contributed by atoms with Crippen LogP contribution < -0.4 is 0 Å². The maximum absolute atomic E-state index is 11.1. The summed E-state index contributed by atoms with van der Waals surface area (Å²) in [7, 11) is 0. The second-order valence-electron chi connectivity index (χ2n) is 3.55. The molecule has 0 unspecified atom stereocenters. The van der Waals surface area contributed by atoms with Gasteiger partial charge in [0.2, 0.25) is 0 Å². The molecule has 0 aliphatic carbocycles. The van der Waals surface area contributed by atoms with Crippen LogP contribution in [0.4, 0.5) is 0 Å². The van der Waals surface area contributed by atoms with Gasteiger partial charge in [0.1, 0.15) is 0 Å². The molecule has 11 heavy (non-hydrogen) atoms. The van der Waals surface area contributed by atoms with Crippen LogP contribution in [0.3, 0.4) is 0 Å². The first kappa shape index (κ1) is 10.5. The zero-order valence-electron chi connectivity index (χ0n) is 7.81. The van der Waals surface area contributed by atoms with Crippen molar-refractivity contribution < 1.29 is 9.53 Å². The highest BCUT2D eigenvalue weighted by Gasteiger charge is 2.22. The number of esters is 1. The molecule has 0 rings (SSSR count). The Bertz CT molecular complexity index is 122. The predicted octanol–water partition coefficient (Wildman–Crippen LogP) is 2.19. The van der Waals surface area contributed by atoms with Gasteiger partial charge in [0.05, 0.1) is 12.0 Å². The van der Waals surface area contributed by atoms with Gasteiger partial charge in [-0.15, -0.1) is 0 Å². The zero-order valence-corrected chi connectivity index (χ0v) is 7.81. The third kappa shape index (κ3) is 4.82. The molecule has 2 nitrogen and oxygen atoms in total. The van der Waals surface area contributed by atoms with Gasteiger partial charge in [-0.25, -0.2) is 0 Å². The molecule has 0 fully saturated rings. The SMILES string of the molecule is CC[CH]COC(=O)C(C)(C)C. The lowest BCUT2D eigenvalue weighted by molar-refractivity contribution is -0.152. The Hall–Kier alpha value is -0.530. The van der Waals surface area contributed by atoms with E-state index in [0.29, 0.717) is 6.61 Å². The second kappa shape index (κ2) is 4.37. The summed E-state index contributed by atoms with van der Waals surface area (Å²) in [5, 5.41) is 0. The molecule has 0 aromatic carbocycles. The van der Waals surface area contributed by atoms with E-state index < -0.39 is 0 Å². The van der Waals surface area contributed by atoms with Crippen LogP contribution >= 0.6 is 0 Å². The van der Waals surface area contributed by atoms with Gasteiger partial charge in [0.15, 0.2) is 0 Å². The number of hydrogen-bond acceptors (Lipinski definition) is 2. The van der Waals surface area contributed by atoms with Gasteiger partial charge in [-0.05, 0) is 33.6 Å². The Balaban J connectivity index is 3.54. The fraction of sp³-hybridized carbons (Fsp3) is 0.778. The molecule has 0 spiro atoms. The van der Waals surface area contributed by atoms with E-state index >= 15 is 0 Å². The van der Waals surface area contributed by atoms with Gasteiger partial charge in [-0.2, -0.15) is 0 Å².